The molecule has 0 aliphatic carbocycles. The Morgan fingerprint density at radius 3 is 1.04 bits per heavy atom. The van der Waals surface area contributed by atoms with Gasteiger partial charge in [-0.25, -0.2) is 0 Å². The molecule has 0 rings (SSSR count). The zero-order chi connectivity index (χ0) is 19.7. The lowest BCUT2D eigenvalue weighted by Crippen LogP contribution is -2.40. The smallest absolute Gasteiger partial charge is 0.142 e. The predicted octanol–water partition coefficient (Wildman–Crippen LogP) is 3.99. The summed E-state index contributed by atoms with van der Waals surface area (Å²) in [6.07, 6.45) is 6.80. The molecule has 0 saturated carbocycles. The zero-order valence-electron chi connectivity index (χ0n) is 18.5. The monoisotopic (exact) mass is 406 g/mol. The molecule has 0 N–H and O–H groups in total. The van der Waals surface area contributed by atoms with Crippen molar-refractivity contribution >= 4 is 19.0 Å². The molecule has 0 aromatic carbocycles. The van der Waals surface area contributed by atoms with Crippen molar-refractivity contribution < 1.29 is 18.9 Å². The lowest BCUT2D eigenvalue weighted by Gasteiger charge is -2.31. The third kappa shape index (κ3) is 13.4. The van der Waals surface area contributed by atoms with Gasteiger partial charge in [-0.1, -0.05) is 52.6 Å². The maximum absolute atomic E-state index is 6.04. The molecular weight excluding hydrogens is 360 g/mol. The number of hydrogen-bond acceptors (Lipinski definition) is 4. The van der Waals surface area contributed by atoms with Gasteiger partial charge in [-0.05, 0) is 39.5 Å². The first kappa shape index (κ1) is 26.3. The molecule has 0 spiro atoms. The molecule has 0 unspecified atom stereocenters. The third-order valence-corrected chi connectivity index (χ3v) is 8.80. The van der Waals surface area contributed by atoms with E-state index in [2.05, 4.69) is 41.5 Å². The Balaban J connectivity index is 4.11. The number of rotatable bonds is 19. The third-order valence-electron chi connectivity index (χ3n) is 4.46. The standard InChI is InChI=1S/C20H46O4Si2/c1-7-13-21-19(5,22-14-8-2)25-17-11-12-18-26-20(6,23-15-9-3)24-16-10-4/h7-18,25-26H2,1-6H3. The van der Waals surface area contributed by atoms with Gasteiger partial charge in [0.1, 0.15) is 10.8 Å². The van der Waals surface area contributed by atoms with E-state index in [0.29, 0.717) is 0 Å². The molecule has 0 saturated heterocycles. The quantitative estimate of drug-likeness (QED) is 0.185. The summed E-state index contributed by atoms with van der Waals surface area (Å²) in [5, 5.41) is 0. The number of hydrogen-bond donors (Lipinski definition) is 0. The highest BCUT2D eigenvalue weighted by atomic mass is 28.2. The van der Waals surface area contributed by atoms with Crippen LogP contribution in [0.2, 0.25) is 12.1 Å². The van der Waals surface area contributed by atoms with Gasteiger partial charge >= 0.3 is 0 Å². The predicted molar refractivity (Wildman–Crippen MR) is 118 cm³/mol. The van der Waals surface area contributed by atoms with E-state index >= 15 is 0 Å². The van der Waals surface area contributed by atoms with Crippen molar-refractivity contribution in [1.82, 2.24) is 0 Å². The second kappa shape index (κ2) is 16.2. The van der Waals surface area contributed by atoms with Crippen molar-refractivity contribution in [1.29, 1.82) is 0 Å². The highest BCUT2D eigenvalue weighted by Gasteiger charge is 2.26. The summed E-state index contributed by atoms with van der Waals surface area (Å²) in [5.74, 6) is 0. The van der Waals surface area contributed by atoms with E-state index in [0.717, 1.165) is 52.1 Å². The van der Waals surface area contributed by atoms with Crippen LogP contribution in [0.4, 0.5) is 0 Å². The van der Waals surface area contributed by atoms with Crippen LogP contribution >= 0.6 is 0 Å². The maximum Gasteiger partial charge on any atom is 0.142 e. The molecular formula is C20H46O4Si2. The van der Waals surface area contributed by atoms with Crippen molar-refractivity contribution in [2.24, 2.45) is 0 Å². The van der Waals surface area contributed by atoms with Gasteiger partial charge in [0.25, 0.3) is 0 Å². The molecule has 0 aliphatic heterocycles. The van der Waals surface area contributed by atoms with Gasteiger partial charge in [0.15, 0.2) is 0 Å². The highest BCUT2D eigenvalue weighted by Crippen LogP contribution is 2.18. The van der Waals surface area contributed by atoms with Crippen LogP contribution in [-0.4, -0.2) is 56.3 Å². The van der Waals surface area contributed by atoms with Gasteiger partial charge in [0.05, 0.1) is 19.0 Å². The van der Waals surface area contributed by atoms with Crippen molar-refractivity contribution in [2.45, 2.75) is 103 Å². The van der Waals surface area contributed by atoms with E-state index in [-0.39, 0.29) is 10.8 Å². The van der Waals surface area contributed by atoms with E-state index < -0.39 is 19.0 Å². The van der Waals surface area contributed by atoms with Crippen LogP contribution < -0.4 is 0 Å². The van der Waals surface area contributed by atoms with Gasteiger partial charge in [-0.15, -0.1) is 0 Å². The Hall–Kier alpha value is 0.274. The number of unbranched alkanes of at least 4 members (excludes halogenated alkanes) is 1. The van der Waals surface area contributed by atoms with E-state index in [1.54, 1.807) is 0 Å². The summed E-state index contributed by atoms with van der Waals surface area (Å²) >= 11 is 0. The average Bonchev–Trinajstić information content (AvgIpc) is 2.64. The van der Waals surface area contributed by atoms with Crippen LogP contribution in [0.5, 0.6) is 0 Å². The van der Waals surface area contributed by atoms with E-state index in [1.807, 2.05) is 0 Å². The van der Waals surface area contributed by atoms with Crippen LogP contribution in [0.1, 0.15) is 80.1 Å². The fraction of sp³-hybridized carbons (Fsp3) is 1.00. The molecule has 0 fully saturated rings. The molecule has 0 amide bonds. The molecule has 0 atom stereocenters. The van der Waals surface area contributed by atoms with Crippen LogP contribution in [-0.2, 0) is 18.9 Å². The van der Waals surface area contributed by atoms with Crippen molar-refractivity contribution in [2.75, 3.05) is 26.4 Å². The molecule has 0 aromatic heterocycles. The van der Waals surface area contributed by atoms with Crippen molar-refractivity contribution in [3.05, 3.63) is 0 Å². The molecule has 158 valence electrons. The second-order valence-electron chi connectivity index (χ2n) is 7.58. The van der Waals surface area contributed by atoms with E-state index in [4.69, 9.17) is 18.9 Å². The SMILES string of the molecule is CCCOC(C)(OCCC)[SiH2]CCCC[SiH2]C(C)(OCCC)OCCC. The molecule has 0 aromatic rings. The van der Waals surface area contributed by atoms with Crippen molar-refractivity contribution in [3.63, 3.8) is 0 Å². The Kier molecular flexibility index (Phi) is 16.4. The fourth-order valence-electron chi connectivity index (χ4n) is 2.89. The summed E-state index contributed by atoms with van der Waals surface area (Å²) in [6, 6.07) is 2.58. The lowest BCUT2D eigenvalue weighted by atomic mass is 10.4. The normalized spacial score (nSPS) is 13.6. The number of ether oxygens (including phenoxy) is 4. The average molecular weight is 407 g/mol. The van der Waals surface area contributed by atoms with Crippen molar-refractivity contribution in [3.8, 4) is 0 Å². The molecule has 4 nitrogen and oxygen atoms in total. The molecule has 0 radical (unpaired) electrons. The Labute approximate surface area is 167 Å². The second-order valence-corrected chi connectivity index (χ2v) is 12.6. The first-order chi connectivity index (χ1) is 12.4. The minimum absolute atomic E-state index is 0.271. The van der Waals surface area contributed by atoms with Gasteiger partial charge in [-0.2, -0.15) is 0 Å². The van der Waals surface area contributed by atoms with Gasteiger partial charge in [-0.3, -0.25) is 0 Å². The summed E-state index contributed by atoms with van der Waals surface area (Å²) in [7, 11) is -0.784. The Morgan fingerprint density at radius 1 is 0.538 bits per heavy atom. The molecule has 0 bridgehead atoms. The molecule has 0 heterocycles. The van der Waals surface area contributed by atoms with Crippen LogP contribution in [0, 0.1) is 0 Å². The summed E-state index contributed by atoms with van der Waals surface area (Å²) in [4.78, 5) is 0. The maximum atomic E-state index is 6.04. The largest absolute Gasteiger partial charge is 0.355 e. The first-order valence-electron chi connectivity index (χ1n) is 11.0. The van der Waals surface area contributed by atoms with E-state index in [1.165, 1.54) is 24.9 Å². The Bertz CT molecular complexity index is 270. The minimum Gasteiger partial charge on any atom is -0.355 e. The Morgan fingerprint density at radius 2 is 0.808 bits per heavy atom. The van der Waals surface area contributed by atoms with Gasteiger partial charge in [0, 0.05) is 26.4 Å². The summed E-state index contributed by atoms with van der Waals surface area (Å²) < 4.78 is 24.2. The summed E-state index contributed by atoms with van der Waals surface area (Å²) in [5.41, 5.74) is -0.543. The van der Waals surface area contributed by atoms with Gasteiger partial charge < -0.3 is 18.9 Å². The molecule has 0 aliphatic rings. The molecule has 26 heavy (non-hydrogen) atoms. The van der Waals surface area contributed by atoms with Gasteiger partial charge in [0.2, 0.25) is 0 Å². The first-order valence-corrected chi connectivity index (χ1v) is 14.4. The van der Waals surface area contributed by atoms with Crippen LogP contribution in [0.3, 0.4) is 0 Å². The zero-order valence-corrected chi connectivity index (χ0v) is 21.4. The summed E-state index contributed by atoms with van der Waals surface area (Å²) in [6.45, 7) is 16.2. The van der Waals surface area contributed by atoms with Crippen LogP contribution in [0.15, 0.2) is 0 Å². The molecule has 6 heteroatoms. The highest BCUT2D eigenvalue weighted by molar-refractivity contribution is 6.39. The minimum atomic E-state index is -0.392. The topological polar surface area (TPSA) is 36.9 Å². The lowest BCUT2D eigenvalue weighted by molar-refractivity contribution is -0.169. The fourth-order valence-corrected chi connectivity index (χ4v) is 6.54. The van der Waals surface area contributed by atoms with E-state index in [9.17, 15) is 0 Å². The van der Waals surface area contributed by atoms with Crippen LogP contribution in [0.25, 0.3) is 0 Å².